The fourth-order valence-corrected chi connectivity index (χ4v) is 3.61. The topological polar surface area (TPSA) is 75.4 Å². The third-order valence-corrected chi connectivity index (χ3v) is 4.79. The minimum absolute atomic E-state index is 0.338. The Morgan fingerprint density at radius 1 is 0.923 bits per heavy atom. The number of rotatable bonds is 4. The zero-order chi connectivity index (χ0) is 18.7. The molecule has 1 fully saturated rings. The van der Waals surface area contributed by atoms with Crippen molar-refractivity contribution in [1.29, 1.82) is 0 Å². The van der Waals surface area contributed by atoms with Crippen molar-refractivity contribution in [1.82, 2.24) is 0 Å². The number of nitrogens with one attached hydrogen (secondary N) is 1. The summed E-state index contributed by atoms with van der Waals surface area (Å²) in [5, 5.41) is 3.63. The smallest absolute Gasteiger partial charge is 0.255 e. The second-order valence-corrected chi connectivity index (χ2v) is 7.13. The molecule has 1 saturated heterocycles. The van der Waals surface area contributed by atoms with Gasteiger partial charge in [-0.2, -0.15) is 0 Å². The molecule has 0 aliphatic carbocycles. The Kier molecular flexibility index (Phi) is 5.69. The number of anilines is 2. The normalized spacial score (nSPS) is 14.2. The SMILES string of the molecule is NC(=O)c1ccc(N2CCCCC2)c(NC(=O)c2cc(Cl)cc(Cl)c2)c1. The number of nitrogens with two attached hydrogens (primary N) is 1. The minimum Gasteiger partial charge on any atom is -0.370 e. The van der Waals surface area contributed by atoms with Crippen LogP contribution < -0.4 is 16.0 Å². The monoisotopic (exact) mass is 391 g/mol. The van der Waals surface area contributed by atoms with Crippen LogP contribution in [0.2, 0.25) is 10.0 Å². The van der Waals surface area contributed by atoms with E-state index >= 15 is 0 Å². The van der Waals surface area contributed by atoms with Gasteiger partial charge in [0, 0.05) is 34.3 Å². The number of carbonyl (C=O) groups is 2. The molecule has 0 radical (unpaired) electrons. The number of piperidine rings is 1. The van der Waals surface area contributed by atoms with Crippen LogP contribution in [0.1, 0.15) is 40.0 Å². The van der Waals surface area contributed by atoms with Gasteiger partial charge in [-0.15, -0.1) is 0 Å². The highest BCUT2D eigenvalue weighted by molar-refractivity contribution is 6.35. The van der Waals surface area contributed by atoms with E-state index in [1.54, 1.807) is 30.3 Å². The Morgan fingerprint density at radius 3 is 2.19 bits per heavy atom. The maximum Gasteiger partial charge on any atom is 0.255 e. The van der Waals surface area contributed by atoms with Crippen LogP contribution in [0.3, 0.4) is 0 Å². The first-order chi connectivity index (χ1) is 12.4. The third-order valence-electron chi connectivity index (χ3n) is 4.35. The first-order valence-corrected chi connectivity index (χ1v) is 9.16. The lowest BCUT2D eigenvalue weighted by molar-refractivity contribution is 0.0996. The maximum atomic E-state index is 12.7. The predicted octanol–water partition coefficient (Wildman–Crippen LogP) is 4.33. The average molecular weight is 392 g/mol. The molecule has 1 heterocycles. The van der Waals surface area contributed by atoms with Crippen LogP contribution in [0.4, 0.5) is 11.4 Å². The molecule has 26 heavy (non-hydrogen) atoms. The fraction of sp³-hybridized carbons (Fsp3) is 0.263. The van der Waals surface area contributed by atoms with Gasteiger partial charge in [-0.05, 0) is 55.7 Å². The molecule has 2 aromatic rings. The lowest BCUT2D eigenvalue weighted by Gasteiger charge is -2.30. The zero-order valence-electron chi connectivity index (χ0n) is 14.1. The Balaban J connectivity index is 1.94. The summed E-state index contributed by atoms with van der Waals surface area (Å²) >= 11 is 12.0. The van der Waals surface area contributed by atoms with Gasteiger partial charge in [-0.3, -0.25) is 9.59 Å². The van der Waals surface area contributed by atoms with Crippen molar-refractivity contribution < 1.29 is 9.59 Å². The number of carbonyl (C=O) groups excluding carboxylic acids is 2. The summed E-state index contributed by atoms with van der Waals surface area (Å²) in [6, 6.07) is 9.76. The van der Waals surface area contributed by atoms with Crippen molar-refractivity contribution >= 4 is 46.4 Å². The van der Waals surface area contributed by atoms with Gasteiger partial charge in [0.25, 0.3) is 5.91 Å². The molecular weight excluding hydrogens is 373 g/mol. The second kappa shape index (κ2) is 7.98. The van der Waals surface area contributed by atoms with Gasteiger partial charge >= 0.3 is 0 Å². The first-order valence-electron chi connectivity index (χ1n) is 8.40. The molecule has 2 amide bonds. The van der Waals surface area contributed by atoms with Crippen molar-refractivity contribution in [2.75, 3.05) is 23.3 Å². The Bertz CT molecular complexity index is 828. The number of amides is 2. The summed E-state index contributed by atoms with van der Waals surface area (Å²) in [4.78, 5) is 26.4. The Morgan fingerprint density at radius 2 is 1.58 bits per heavy atom. The maximum absolute atomic E-state index is 12.7. The van der Waals surface area contributed by atoms with Crippen LogP contribution >= 0.6 is 23.2 Å². The Labute approximate surface area is 162 Å². The Hall–Kier alpha value is -2.24. The number of nitrogens with zero attached hydrogens (tertiary/aromatic N) is 1. The van der Waals surface area contributed by atoms with E-state index in [0.717, 1.165) is 31.6 Å². The van der Waals surface area contributed by atoms with Gasteiger partial charge in [0.05, 0.1) is 11.4 Å². The molecule has 0 saturated carbocycles. The predicted molar refractivity (Wildman–Crippen MR) is 105 cm³/mol. The lowest BCUT2D eigenvalue weighted by Crippen LogP contribution is -2.30. The van der Waals surface area contributed by atoms with E-state index < -0.39 is 5.91 Å². The molecule has 0 unspecified atom stereocenters. The van der Waals surface area contributed by atoms with E-state index in [2.05, 4.69) is 10.2 Å². The largest absolute Gasteiger partial charge is 0.370 e. The second-order valence-electron chi connectivity index (χ2n) is 6.26. The van der Waals surface area contributed by atoms with E-state index in [1.807, 2.05) is 6.07 Å². The summed E-state index contributed by atoms with van der Waals surface area (Å²) in [5.74, 6) is -0.897. The summed E-state index contributed by atoms with van der Waals surface area (Å²) in [7, 11) is 0. The number of hydrogen-bond donors (Lipinski definition) is 2. The molecular formula is C19H19Cl2N3O2. The molecule has 136 valence electrons. The summed E-state index contributed by atoms with van der Waals surface area (Å²) in [5.41, 5.74) is 7.49. The molecule has 1 aliphatic heterocycles. The highest BCUT2D eigenvalue weighted by Crippen LogP contribution is 2.30. The molecule has 0 bridgehead atoms. The number of primary amides is 1. The van der Waals surface area contributed by atoms with Crippen molar-refractivity contribution in [3.05, 3.63) is 57.6 Å². The van der Waals surface area contributed by atoms with E-state index in [1.165, 1.54) is 6.42 Å². The third kappa shape index (κ3) is 4.29. The molecule has 0 aromatic heterocycles. The fourth-order valence-electron chi connectivity index (χ4n) is 3.08. The highest BCUT2D eigenvalue weighted by Gasteiger charge is 2.18. The molecule has 7 heteroatoms. The van der Waals surface area contributed by atoms with Crippen LogP contribution in [0, 0.1) is 0 Å². The molecule has 1 aliphatic rings. The van der Waals surface area contributed by atoms with Crippen LogP contribution in [-0.2, 0) is 0 Å². The van der Waals surface area contributed by atoms with Crippen LogP contribution in [0.5, 0.6) is 0 Å². The van der Waals surface area contributed by atoms with Gasteiger partial charge in [0.2, 0.25) is 5.91 Å². The van der Waals surface area contributed by atoms with E-state index in [9.17, 15) is 9.59 Å². The van der Waals surface area contributed by atoms with Crippen LogP contribution in [0.25, 0.3) is 0 Å². The van der Waals surface area contributed by atoms with Crippen molar-refractivity contribution in [2.24, 2.45) is 5.73 Å². The standard InChI is InChI=1S/C19H19Cl2N3O2/c20-14-8-13(9-15(21)11-14)19(26)23-16-10-12(18(22)25)4-5-17(16)24-6-2-1-3-7-24/h4-5,8-11H,1-3,6-7H2,(H2,22,25)(H,23,26). The van der Waals surface area contributed by atoms with Gasteiger partial charge in [0.15, 0.2) is 0 Å². The molecule has 5 nitrogen and oxygen atoms in total. The quantitative estimate of drug-likeness (QED) is 0.813. The summed E-state index contributed by atoms with van der Waals surface area (Å²) < 4.78 is 0. The molecule has 3 rings (SSSR count). The van der Waals surface area contributed by atoms with Gasteiger partial charge in [0.1, 0.15) is 0 Å². The molecule has 2 aromatic carbocycles. The molecule has 0 spiro atoms. The van der Waals surface area contributed by atoms with Crippen molar-refractivity contribution in [2.45, 2.75) is 19.3 Å². The number of hydrogen-bond acceptors (Lipinski definition) is 3. The van der Waals surface area contributed by atoms with Crippen LogP contribution in [0.15, 0.2) is 36.4 Å². The van der Waals surface area contributed by atoms with Crippen molar-refractivity contribution in [3.8, 4) is 0 Å². The van der Waals surface area contributed by atoms with E-state index in [0.29, 0.717) is 26.9 Å². The summed E-state index contributed by atoms with van der Waals surface area (Å²) in [6.45, 7) is 1.81. The minimum atomic E-state index is -0.545. The van der Waals surface area contributed by atoms with E-state index in [-0.39, 0.29) is 5.91 Å². The number of halogens is 2. The lowest BCUT2D eigenvalue weighted by atomic mass is 10.1. The van der Waals surface area contributed by atoms with Crippen LogP contribution in [-0.4, -0.2) is 24.9 Å². The van der Waals surface area contributed by atoms with Gasteiger partial charge in [-0.25, -0.2) is 0 Å². The average Bonchev–Trinajstić information content (AvgIpc) is 2.61. The molecule has 3 N–H and O–H groups in total. The molecule has 0 atom stereocenters. The van der Waals surface area contributed by atoms with Gasteiger partial charge < -0.3 is 16.0 Å². The van der Waals surface area contributed by atoms with Crippen molar-refractivity contribution in [3.63, 3.8) is 0 Å². The number of benzene rings is 2. The van der Waals surface area contributed by atoms with E-state index in [4.69, 9.17) is 28.9 Å². The summed E-state index contributed by atoms with van der Waals surface area (Å²) in [6.07, 6.45) is 3.38. The zero-order valence-corrected chi connectivity index (χ0v) is 15.6. The first kappa shape index (κ1) is 18.5. The highest BCUT2D eigenvalue weighted by atomic mass is 35.5. The van der Waals surface area contributed by atoms with Gasteiger partial charge in [-0.1, -0.05) is 23.2 Å².